The molecule has 0 spiro atoms. The van der Waals surface area contributed by atoms with E-state index < -0.39 is 0 Å². The summed E-state index contributed by atoms with van der Waals surface area (Å²) in [4.78, 5) is 0. The maximum atomic E-state index is 3.77. The quantitative estimate of drug-likeness (QED) is 0.304. The van der Waals surface area contributed by atoms with Crippen molar-refractivity contribution in [3.63, 3.8) is 0 Å². The van der Waals surface area contributed by atoms with Crippen LogP contribution in [0.15, 0.2) is 0 Å². The van der Waals surface area contributed by atoms with E-state index in [1.165, 1.54) is 0 Å². The van der Waals surface area contributed by atoms with E-state index in [1.807, 2.05) is 0 Å². The molecule has 2 radical (unpaired) electrons. The van der Waals surface area contributed by atoms with Crippen LogP contribution in [0.5, 0.6) is 0 Å². The van der Waals surface area contributed by atoms with Crippen molar-refractivity contribution in [1.29, 1.82) is 0 Å². The molecule has 0 aliphatic rings. The zero-order chi connectivity index (χ0) is 4.50. The van der Waals surface area contributed by atoms with Gasteiger partial charge in [0.15, 0.2) is 0 Å². The first-order valence-electron chi connectivity index (χ1n) is 1.85. The molecule has 0 aromatic heterocycles. The minimum atomic E-state index is 0. The molecule has 0 aliphatic heterocycles. The molecule has 0 unspecified atom stereocenters. The number of rotatable bonds is 0. The van der Waals surface area contributed by atoms with E-state index in [9.17, 15) is 0 Å². The molecule has 34 valence electrons. The van der Waals surface area contributed by atoms with Gasteiger partial charge in [-0.15, -0.1) is 0 Å². The molecule has 0 bridgehead atoms. The molecule has 6 heavy (non-hydrogen) atoms. The predicted octanol–water partition coefficient (Wildman–Crippen LogP) is 1.49. The van der Waals surface area contributed by atoms with Gasteiger partial charge in [-0.3, -0.25) is 0 Å². The van der Waals surface area contributed by atoms with Gasteiger partial charge in [-0.2, -0.15) is 5.41 Å². The molecule has 0 aromatic rings. The summed E-state index contributed by atoms with van der Waals surface area (Å²) in [6.45, 7) is 10.0. The van der Waals surface area contributed by atoms with Gasteiger partial charge in [-0.1, -0.05) is 20.8 Å². The fourth-order valence-corrected chi connectivity index (χ4v) is 0. The summed E-state index contributed by atoms with van der Waals surface area (Å²) in [5.74, 6) is 0. The van der Waals surface area contributed by atoms with E-state index >= 15 is 0 Å². The van der Waals surface area contributed by atoms with Crippen molar-refractivity contribution >= 4 is 18.9 Å². The van der Waals surface area contributed by atoms with Crippen LogP contribution in [0.3, 0.4) is 0 Å². The number of hydrogen-bond acceptors (Lipinski definition) is 0. The molecule has 0 aliphatic carbocycles. The Labute approximate surface area is 52.5 Å². The zero-order valence-corrected chi connectivity index (χ0v) is 5.21. The Balaban J connectivity index is 0. The topological polar surface area (TPSA) is 0 Å². The largest absolute Gasteiger partial charge is 1.00 e. The van der Waals surface area contributed by atoms with Gasteiger partial charge in [0.2, 0.25) is 0 Å². The molecule has 0 atom stereocenters. The summed E-state index contributed by atoms with van der Waals surface area (Å²) in [7, 11) is 0. The van der Waals surface area contributed by atoms with Crippen LogP contribution in [0.1, 0.15) is 20.8 Å². The first-order chi connectivity index (χ1) is 2.00. The van der Waals surface area contributed by atoms with Crippen LogP contribution in [-0.4, -0.2) is 18.9 Å². The predicted molar refractivity (Wildman–Crippen MR) is 30.6 cm³/mol. The summed E-state index contributed by atoms with van der Waals surface area (Å²) >= 11 is 0. The number of hydrogen-bond donors (Lipinski definition) is 0. The van der Waals surface area contributed by atoms with E-state index in [-0.39, 0.29) is 24.3 Å². The zero-order valence-electron chi connectivity index (χ0n) is 5.21. The average molecular weight is 78.1 g/mol. The van der Waals surface area contributed by atoms with Gasteiger partial charge >= 0.3 is 0 Å². The molecule has 0 rings (SSSR count). The van der Waals surface area contributed by atoms with E-state index in [1.54, 1.807) is 0 Å². The molecule has 0 aromatic carbocycles. The normalized spacial score (nSPS) is 10.0. The summed E-state index contributed by atoms with van der Waals surface area (Å²) < 4.78 is 0. The SMILES string of the molecule is [CH2-]C(C)(C)C.[Li-]. The van der Waals surface area contributed by atoms with Crippen LogP contribution >= 0.6 is 0 Å². The van der Waals surface area contributed by atoms with Crippen LogP contribution in [0.4, 0.5) is 0 Å². The second-order valence-corrected chi connectivity index (χ2v) is 2.56. The maximum absolute atomic E-state index is 3.77. The Hall–Kier alpha value is 0.597. The van der Waals surface area contributed by atoms with Crippen LogP contribution in [0, 0.1) is 12.3 Å². The monoisotopic (exact) mass is 78.1 g/mol. The van der Waals surface area contributed by atoms with Gasteiger partial charge in [0.1, 0.15) is 0 Å². The van der Waals surface area contributed by atoms with Crippen LogP contribution in [0.25, 0.3) is 0 Å². The molecule has 0 saturated heterocycles. The molecule has 0 amide bonds. The van der Waals surface area contributed by atoms with Crippen molar-refractivity contribution in [2.24, 2.45) is 5.41 Å². The second kappa shape index (κ2) is 2.72. The van der Waals surface area contributed by atoms with Crippen LogP contribution < -0.4 is 0 Å². The summed E-state index contributed by atoms with van der Waals surface area (Å²) in [6, 6.07) is 0. The Morgan fingerprint density at radius 2 is 1.17 bits per heavy atom. The Morgan fingerprint density at radius 3 is 1.17 bits per heavy atom. The minimum absolute atomic E-state index is 0. The molecule has 0 N–H and O–H groups in total. The Bertz CT molecular complexity index is 19.4. The third-order valence-corrected chi connectivity index (χ3v) is 0. The Morgan fingerprint density at radius 1 is 1.17 bits per heavy atom. The molecule has 0 fully saturated rings. The van der Waals surface area contributed by atoms with Gasteiger partial charge < -0.3 is 25.8 Å². The average Bonchev–Trinajstić information content (AvgIpc) is 0.722. The molecular weight excluding hydrogens is 67.0 g/mol. The first-order valence-corrected chi connectivity index (χ1v) is 1.85. The van der Waals surface area contributed by atoms with E-state index in [0.29, 0.717) is 0 Å². The molecule has 0 nitrogen and oxygen atoms in total. The van der Waals surface area contributed by atoms with Crippen LogP contribution in [0.2, 0.25) is 0 Å². The Kier molecular flexibility index (Phi) is 4.43. The minimum Gasteiger partial charge on any atom is -1.00 e. The molecule has 0 heterocycles. The maximum Gasteiger partial charge on any atom is -0.0878 e. The van der Waals surface area contributed by atoms with Gasteiger partial charge in [-0.05, 0) is 0 Å². The van der Waals surface area contributed by atoms with Crippen molar-refractivity contribution in [1.82, 2.24) is 0 Å². The third kappa shape index (κ3) is 167. The fourth-order valence-electron chi connectivity index (χ4n) is 0. The summed E-state index contributed by atoms with van der Waals surface area (Å²) in [6.07, 6.45) is 0. The van der Waals surface area contributed by atoms with Crippen molar-refractivity contribution in [2.75, 3.05) is 0 Å². The smallest absolute Gasteiger partial charge is 0.0878 e. The van der Waals surface area contributed by atoms with E-state index in [0.717, 1.165) is 0 Å². The first kappa shape index (κ1) is 9.78. The fraction of sp³-hybridized carbons (Fsp3) is 0.800. The van der Waals surface area contributed by atoms with Gasteiger partial charge in [-0.25, -0.2) is 0 Å². The second-order valence-electron chi connectivity index (χ2n) is 2.56. The van der Waals surface area contributed by atoms with Crippen molar-refractivity contribution < 1.29 is 0 Å². The van der Waals surface area contributed by atoms with Gasteiger partial charge in [0, 0.05) is 0 Å². The standard InChI is InChI=1S/C5H11.Li/c1-5(2,3)4;/h1H2,2-4H3;/q2*-1. The van der Waals surface area contributed by atoms with Crippen molar-refractivity contribution in [3.8, 4) is 0 Å². The molecular formula is C5H11Li-2. The van der Waals surface area contributed by atoms with E-state index in [4.69, 9.17) is 0 Å². The van der Waals surface area contributed by atoms with Crippen LogP contribution in [-0.2, 0) is 0 Å². The third-order valence-electron chi connectivity index (χ3n) is 0. The summed E-state index contributed by atoms with van der Waals surface area (Å²) in [5, 5.41) is 0. The summed E-state index contributed by atoms with van der Waals surface area (Å²) in [5.41, 5.74) is 0.250. The van der Waals surface area contributed by atoms with Crippen molar-refractivity contribution in [2.45, 2.75) is 20.8 Å². The van der Waals surface area contributed by atoms with E-state index in [2.05, 4.69) is 27.7 Å². The molecule has 1 heteroatoms. The van der Waals surface area contributed by atoms with Crippen molar-refractivity contribution in [3.05, 3.63) is 6.92 Å². The van der Waals surface area contributed by atoms with Gasteiger partial charge in [0.25, 0.3) is 0 Å². The van der Waals surface area contributed by atoms with Gasteiger partial charge in [0.05, 0.1) is 0 Å². The molecule has 0 saturated carbocycles.